The fourth-order valence-corrected chi connectivity index (χ4v) is 3.18. The summed E-state index contributed by atoms with van der Waals surface area (Å²) in [7, 11) is -3.36. The van der Waals surface area contributed by atoms with Crippen LogP contribution in [0.3, 0.4) is 0 Å². The number of hydrogen-bond donors (Lipinski definition) is 1. The predicted molar refractivity (Wildman–Crippen MR) is 90.5 cm³/mol. The molecule has 6 heteroatoms. The molecular weight excluding hydrogens is 300 g/mol. The van der Waals surface area contributed by atoms with E-state index in [-0.39, 0.29) is 11.7 Å². The summed E-state index contributed by atoms with van der Waals surface area (Å²) in [6.45, 7) is 10.4. The van der Waals surface area contributed by atoms with Crippen molar-refractivity contribution in [3.8, 4) is 0 Å². The Hall–Kier alpha value is -1.82. The summed E-state index contributed by atoms with van der Waals surface area (Å²) in [6.07, 6.45) is 0.538. The van der Waals surface area contributed by atoms with Crippen LogP contribution < -0.4 is 4.72 Å². The zero-order chi connectivity index (χ0) is 16.8. The van der Waals surface area contributed by atoms with Crippen molar-refractivity contribution in [3.63, 3.8) is 0 Å². The Morgan fingerprint density at radius 1 is 1.32 bits per heavy atom. The van der Waals surface area contributed by atoms with Crippen LogP contribution in [-0.2, 0) is 10.0 Å². The highest BCUT2D eigenvalue weighted by molar-refractivity contribution is 7.92. The molecule has 1 rings (SSSR count). The maximum atomic E-state index is 12.5. The van der Waals surface area contributed by atoms with Crippen molar-refractivity contribution in [2.24, 2.45) is 0 Å². The molecule has 1 aromatic carbocycles. The van der Waals surface area contributed by atoms with Crippen LogP contribution in [0.2, 0.25) is 0 Å². The van der Waals surface area contributed by atoms with E-state index < -0.39 is 10.0 Å². The first kappa shape index (κ1) is 18.2. The van der Waals surface area contributed by atoms with Crippen molar-refractivity contribution in [1.29, 1.82) is 0 Å². The first-order valence-electron chi connectivity index (χ1n) is 7.33. The standard InChI is InChI=1S/C16H24N2O3S/c1-5-10-22(20,21)17-15-9-7-8-14(11-15)16(19)18(6-2)12-13(3)4/h7-9,11,17H,3,5-6,10,12H2,1-2,4H3. The Kier molecular flexibility index (Phi) is 6.61. The van der Waals surface area contributed by atoms with E-state index in [1.165, 1.54) is 0 Å². The lowest BCUT2D eigenvalue weighted by atomic mass is 10.1. The molecule has 1 N–H and O–H groups in total. The normalized spacial score (nSPS) is 11.0. The number of amides is 1. The number of hydrogen-bond acceptors (Lipinski definition) is 3. The molecule has 0 radical (unpaired) electrons. The summed E-state index contributed by atoms with van der Waals surface area (Å²) in [6, 6.07) is 6.56. The van der Waals surface area contributed by atoms with E-state index in [0.717, 1.165) is 5.57 Å². The Morgan fingerprint density at radius 2 is 2.00 bits per heavy atom. The maximum Gasteiger partial charge on any atom is 0.254 e. The molecule has 0 spiro atoms. The van der Waals surface area contributed by atoms with Crippen LogP contribution in [0.15, 0.2) is 36.4 Å². The van der Waals surface area contributed by atoms with Crippen molar-refractivity contribution in [2.75, 3.05) is 23.6 Å². The second-order valence-corrected chi connectivity index (χ2v) is 7.12. The minimum Gasteiger partial charge on any atom is -0.335 e. The number of likely N-dealkylation sites (N-methyl/N-ethyl adjacent to an activating group) is 1. The number of nitrogens with zero attached hydrogens (tertiary/aromatic N) is 1. The fourth-order valence-electron chi connectivity index (χ4n) is 2.05. The van der Waals surface area contributed by atoms with Crippen LogP contribution >= 0.6 is 0 Å². The molecule has 0 saturated heterocycles. The average Bonchev–Trinajstić information content (AvgIpc) is 2.43. The molecule has 0 aliphatic heterocycles. The van der Waals surface area contributed by atoms with Crippen LogP contribution in [0.5, 0.6) is 0 Å². The zero-order valence-corrected chi connectivity index (χ0v) is 14.2. The van der Waals surface area contributed by atoms with Crippen molar-refractivity contribution < 1.29 is 13.2 Å². The zero-order valence-electron chi connectivity index (χ0n) is 13.4. The Labute approximate surface area is 133 Å². The number of anilines is 1. The largest absolute Gasteiger partial charge is 0.335 e. The van der Waals surface area contributed by atoms with Gasteiger partial charge < -0.3 is 4.90 Å². The Morgan fingerprint density at radius 3 is 2.55 bits per heavy atom. The molecule has 0 heterocycles. The summed E-state index contributed by atoms with van der Waals surface area (Å²) in [5.74, 6) is -0.0795. The quantitative estimate of drug-likeness (QED) is 0.748. The van der Waals surface area contributed by atoms with Gasteiger partial charge in [0.1, 0.15) is 0 Å². The smallest absolute Gasteiger partial charge is 0.254 e. The van der Waals surface area contributed by atoms with Crippen molar-refractivity contribution in [1.82, 2.24) is 4.90 Å². The molecule has 0 bridgehead atoms. The predicted octanol–water partition coefficient (Wildman–Crippen LogP) is 2.88. The summed E-state index contributed by atoms with van der Waals surface area (Å²) in [4.78, 5) is 14.1. The van der Waals surface area contributed by atoms with Gasteiger partial charge >= 0.3 is 0 Å². The van der Waals surface area contributed by atoms with Crippen LogP contribution in [0.1, 0.15) is 37.6 Å². The van der Waals surface area contributed by atoms with Gasteiger partial charge in [0, 0.05) is 24.3 Å². The summed E-state index contributed by atoms with van der Waals surface area (Å²) >= 11 is 0. The van der Waals surface area contributed by atoms with Gasteiger partial charge in [0.25, 0.3) is 5.91 Å². The van der Waals surface area contributed by atoms with E-state index in [9.17, 15) is 13.2 Å². The van der Waals surface area contributed by atoms with Gasteiger partial charge in [-0.3, -0.25) is 9.52 Å². The van der Waals surface area contributed by atoms with Gasteiger partial charge in [-0.05, 0) is 38.5 Å². The van der Waals surface area contributed by atoms with Gasteiger partial charge in [-0.15, -0.1) is 0 Å². The molecule has 0 fully saturated rings. The molecule has 1 amide bonds. The SMILES string of the molecule is C=C(C)CN(CC)C(=O)c1cccc(NS(=O)(=O)CCC)c1. The van der Waals surface area contributed by atoms with E-state index in [1.807, 2.05) is 13.8 Å². The first-order chi connectivity index (χ1) is 10.3. The van der Waals surface area contributed by atoms with Gasteiger partial charge in [-0.25, -0.2) is 8.42 Å². The van der Waals surface area contributed by atoms with E-state index in [2.05, 4.69) is 11.3 Å². The number of rotatable bonds is 8. The number of carbonyl (C=O) groups is 1. The second-order valence-electron chi connectivity index (χ2n) is 5.28. The third-order valence-electron chi connectivity index (χ3n) is 2.99. The molecule has 0 unspecified atom stereocenters. The molecule has 122 valence electrons. The number of carbonyl (C=O) groups excluding carboxylic acids is 1. The second kappa shape index (κ2) is 7.98. The van der Waals surface area contributed by atoms with Gasteiger partial charge in [0.2, 0.25) is 10.0 Å². The average molecular weight is 324 g/mol. The monoisotopic (exact) mass is 324 g/mol. The number of sulfonamides is 1. The third-order valence-corrected chi connectivity index (χ3v) is 4.48. The first-order valence-corrected chi connectivity index (χ1v) is 8.98. The van der Waals surface area contributed by atoms with Crippen molar-refractivity contribution >= 4 is 21.6 Å². The fraction of sp³-hybridized carbons (Fsp3) is 0.438. The van der Waals surface area contributed by atoms with E-state index in [0.29, 0.717) is 30.8 Å². The summed E-state index contributed by atoms with van der Waals surface area (Å²) in [5.41, 5.74) is 1.76. The summed E-state index contributed by atoms with van der Waals surface area (Å²) < 4.78 is 26.1. The Balaban J connectivity index is 2.96. The van der Waals surface area contributed by atoms with E-state index in [1.54, 1.807) is 36.1 Å². The molecule has 0 saturated carbocycles. The van der Waals surface area contributed by atoms with Crippen LogP contribution in [0.4, 0.5) is 5.69 Å². The van der Waals surface area contributed by atoms with Crippen LogP contribution in [0, 0.1) is 0 Å². The molecule has 5 nitrogen and oxygen atoms in total. The molecule has 0 atom stereocenters. The lowest BCUT2D eigenvalue weighted by Gasteiger charge is -2.21. The van der Waals surface area contributed by atoms with E-state index >= 15 is 0 Å². The van der Waals surface area contributed by atoms with Gasteiger partial charge in [0.05, 0.1) is 5.75 Å². The topological polar surface area (TPSA) is 66.5 Å². The molecule has 0 aromatic heterocycles. The Bertz CT molecular complexity index is 639. The lowest BCUT2D eigenvalue weighted by molar-refractivity contribution is 0.0778. The van der Waals surface area contributed by atoms with Crippen molar-refractivity contribution in [3.05, 3.63) is 42.0 Å². The minimum absolute atomic E-state index is 0.0575. The number of benzene rings is 1. The maximum absolute atomic E-state index is 12.5. The lowest BCUT2D eigenvalue weighted by Crippen LogP contribution is -2.32. The van der Waals surface area contributed by atoms with Gasteiger partial charge in [-0.1, -0.05) is 25.1 Å². The minimum atomic E-state index is -3.36. The van der Waals surface area contributed by atoms with Gasteiger partial charge in [0.15, 0.2) is 0 Å². The summed E-state index contributed by atoms with van der Waals surface area (Å²) in [5, 5.41) is 0. The van der Waals surface area contributed by atoms with Crippen LogP contribution in [0.25, 0.3) is 0 Å². The molecule has 0 aliphatic rings. The number of nitrogens with one attached hydrogen (secondary N) is 1. The molecule has 1 aromatic rings. The molecule has 0 aliphatic carbocycles. The van der Waals surface area contributed by atoms with E-state index in [4.69, 9.17) is 0 Å². The highest BCUT2D eigenvalue weighted by Crippen LogP contribution is 2.15. The molecule has 22 heavy (non-hydrogen) atoms. The van der Waals surface area contributed by atoms with Gasteiger partial charge in [-0.2, -0.15) is 0 Å². The highest BCUT2D eigenvalue weighted by atomic mass is 32.2. The van der Waals surface area contributed by atoms with Crippen molar-refractivity contribution in [2.45, 2.75) is 27.2 Å². The third kappa shape index (κ3) is 5.52. The van der Waals surface area contributed by atoms with Crippen LogP contribution in [-0.4, -0.2) is 38.1 Å². The molecular formula is C16H24N2O3S. The highest BCUT2D eigenvalue weighted by Gasteiger charge is 2.15.